The lowest BCUT2D eigenvalue weighted by Gasteiger charge is -2.17. The summed E-state index contributed by atoms with van der Waals surface area (Å²) >= 11 is 0. The van der Waals surface area contributed by atoms with E-state index in [1.54, 1.807) is 0 Å². The van der Waals surface area contributed by atoms with Crippen molar-refractivity contribution < 1.29 is 14.3 Å². The van der Waals surface area contributed by atoms with Crippen LogP contribution in [0.25, 0.3) is 0 Å². The summed E-state index contributed by atoms with van der Waals surface area (Å²) in [7, 11) is 1.37. The largest absolute Gasteiger partial charge is 0.469 e. The number of ether oxygens (including phenoxy) is 1. The number of nitrogens with one attached hydrogen (secondary N) is 1. The van der Waals surface area contributed by atoms with Crippen LogP contribution in [0.2, 0.25) is 0 Å². The molecule has 1 aromatic rings. The van der Waals surface area contributed by atoms with Crippen molar-refractivity contribution in [3.05, 3.63) is 35.4 Å². The number of Topliss-reactive ketones (excluding diaryl/α,β-unsaturated/α-hetero) is 1. The Morgan fingerprint density at radius 1 is 1.29 bits per heavy atom. The molecule has 21 heavy (non-hydrogen) atoms. The van der Waals surface area contributed by atoms with E-state index in [4.69, 9.17) is 0 Å². The van der Waals surface area contributed by atoms with Gasteiger partial charge in [-0.3, -0.25) is 9.59 Å². The zero-order chi connectivity index (χ0) is 15.2. The van der Waals surface area contributed by atoms with Crippen molar-refractivity contribution in [1.29, 1.82) is 0 Å². The number of methoxy groups -OCH3 is 1. The molecule has 1 N–H and O–H groups in total. The Hall–Kier alpha value is -1.68. The summed E-state index contributed by atoms with van der Waals surface area (Å²) in [6.45, 7) is 2.09. The zero-order valence-electron chi connectivity index (χ0n) is 12.7. The molecule has 0 heterocycles. The van der Waals surface area contributed by atoms with Gasteiger partial charge in [-0.1, -0.05) is 31.2 Å². The second kappa shape index (κ2) is 7.36. The molecule has 0 radical (unpaired) electrons. The Balaban J connectivity index is 2.02. The van der Waals surface area contributed by atoms with Crippen LogP contribution in [-0.4, -0.2) is 30.9 Å². The maximum atomic E-state index is 12.6. The average molecular weight is 289 g/mol. The fourth-order valence-corrected chi connectivity index (χ4v) is 2.29. The first-order chi connectivity index (χ1) is 10.1. The maximum Gasteiger partial charge on any atom is 0.305 e. The molecule has 0 aliphatic heterocycles. The van der Waals surface area contributed by atoms with E-state index < -0.39 is 0 Å². The number of rotatable bonds is 8. The highest BCUT2D eigenvalue weighted by atomic mass is 16.5. The molecule has 1 aromatic carbocycles. The monoisotopic (exact) mass is 289 g/mol. The third-order valence-corrected chi connectivity index (χ3v) is 3.84. The lowest BCUT2D eigenvalue weighted by molar-refractivity contribution is -0.140. The second-order valence-corrected chi connectivity index (χ2v) is 5.52. The normalized spacial score (nSPS) is 15.5. The molecule has 4 heteroatoms. The first-order valence-corrected chi connectivity index (χ1v) is 7.60. The number of carbonyl (C=O) groups is 2. The van der Waals surface area contributed by atoms with Gasteiger partial charge < -0.3 is 10.1 Å². The summed E-state index contributed by atoms with van der Waals surface area (Å²) < 4.78 is 4.66. The fourth-order valence-electron chi connectivity index (χ4n) is 2.29. The number of aryl methyl sites for hydroxylation is 1. The Labute approximate surface area is 125 Å². The van der Waals surface area contributed by atoms with Gasteiger partial charge in [0, 0.05) is 18.0 Å². The Morgan fingerprint density at radius 3 is 2.48 bits per heavy atom. The molecule has 1 saturated carbocycles. The van der Waals surface area contributed by atoms with Gasteiger partial charge in [0.05, 0.1) is 13.2 Å². The van der Waals surface area contributed by atoms with Crippen LogP contribution in [0.4, 0.5) is 0 Å². The topological polar surface area (TPSA) is 55.4 Å². The Morgan fingerprint density at radius 2 is 1.95 bits per heavy atom. The van der Waals surface area contributed by atoms with E-state index in [0.29, 0.717) is 18.0 Å². The van der Waals surface area contributed by atoms with Crippen molar-refractivity contribution in [2.24, 2.45) is 0 Å². The first kappa shape index (κ1) is 15.7. The molecule has 4 nitrogen and oxygen atoms in total. The van der Waals surface area contributed by atoms with E-state index in [-0.39, 0.29) is 24.2 Å². The van der Waals surface area contributed by atoms with E-state index in [1.165, 1.54) is 12.7 Å². The molecule has 2 rings (SSSR count). The predicted molar refractivity (Wildman–Crippen MR) is 81.3 cm³/mol. The highest BCUT2D eigenvalue weighted by molar-refractivity contribution is 6.00. The first-order valence-electron chi connectivity index (χ1n) is 7.60. The van der Waals surface area contributed by atoms with Crippen LogP contribution in [0.1, 0.15) is 48.5 Å². The second-order valence-electron chi connectivity index (χ2n) is 5.52. The van der Waals surface area contributed by atoms with Gasteiger partial charge in [-0.2, -0.15) is 0 Å². The average Bonchev–Trinajstić information content (AvgIpc) is 3.34. The van der Waals surface area contributed by atoms with Gasteiger partial charge in [0.2, 0.25) is 0 Å². The van der Waals surface area contributed by atoms with Gasteiger partial charge in [-0.05, 0) is 31.2 Å². The number of benzene rings is 1. The minimum absolute atomic E-state index is 0.0634. The van der Waals surface area contributed by atoms with Crippen molar-refractivity contribution in [3.8, 4) is 0 Å². The van der Waals surface area contributed by atoms with Gasteiger partial charge in [0.15, 0.2) is 5.78 Å². The Bertz CT molecular complexity index is 491. The van der Waals surface area contributed by atoms with Crippen LogP contribution in [-0.2, 0) is 16.0 Å². The number of hydrogen-bond acceptors (Lipinski definition) is 4. The molecular formula is C17H23NO3. The maximum absolute atomic E-state index is 12.6. The third kappa shape index (κ3) is 4.67. The van der Waals surface area contributed by atoms with E-state index >= 15 is 0 Å². The number of carbonyl (C=O) groups excluding carboxylic acids is 2. The molecule has 0 bridgehead atoms. The molecule has 1 aliphatic carbocycles. The van der Waals surface area contributed by atoms with Crippen molar-refractivity contribution in [2.45, 2.75) is 51.1 Å². The summed E-state index contributed by atoms with van der Waals surface area (Å²) in [6.07, 6.45) is 3.92. The van der Waals surface area contributed by atoms with Crippen molar-refractivity contribution in [2.75, 3.05) is 7.11 Å². The molecule has 1 atom stereocenters. The molecular weight excluding hydrogens is 266 g/mol. The predicted octanol–water partition coefficient (Wildman–Crippen LogP) is 2.51. The SMILES string of the molecule is CCc1ccc(C(=O)C(CCC(=O)OC)NC2CC2)cc1. The van der Waals surface area contributed by atoms with Gasteiger partial charge in [0.25, 0.3) is 0 Å². The van der Waals surface area contributed by atoms with Crippen LogP contribution in [0.15, 0.2) is 24.3 Å². The molecule has 0 aromatic heterocycles. The quantitative estimate of drug-likeness (QED) is 0.590. The minimum Gasteiger partial charge on any atom is -0.469 e. The highest BCUT2D eigenvalue weighted by Gasteiger charge is 2.29. The third-order valence-electron chi connectivity index (χ3n) is 3.84. The van der Waals surface area contributed by atoms with E-state index in [9.17, 15) is 9.59 Å². The van der Waals surface area contributed by atoms with Gasteiger partial charge in [0.1, 0.15) is 0 Å². The van der Waals surface area contributed by atoms with Crippen LogP contribution in [0.5, 0.6) is 0 Å². The van der Waals surface area contributed by atoms with E-state index in [1.807, 2.05) is 24.3 Å². The van der Waals surface area contributed by atoms with Crippen molar-refractivity contribution in [1.82, 2.24) is 5.32 Å². The van der Waals surface area contributed by atoms with Gasteiger partial charge >= 0.3 is 5.97 Å². The van der Waals surface area contributed by atoms with Crippen molar-refractivity contribution in [3.63, 3.8) is 0 Å². The standard InChI is InChI=1S/C17H23NO3/c1-3-12-4-6-13(7-5-12)17(20)15(18-14-8-9-14)10-11-16(19)21-2/h4-7,14-15,18H,3,8-11H2,1-2H3. The molecule has 114 valence electrons. The molecule has 1 fully saturated rings. The number of ketones is 1. The fraction of sp³-hybridized carbons (Fsp3) is 0.529. The van der Waals surface area contributed by atoms with E-state index in [2.05, 4.69) is 17.0 Å². The summed E-state index contributed by atoms with van der Waals surface area (Å²) in [5, 5.41) is 3.34. The zero-order valence-corrected chi connectivity index (χ0v) is 12.7. The highest BCUT2D eigenvalue weighted by Crippen LogP contribution is 2.21. The van der Waals surface area contributed by atoms with Crippen LogP contribution in [0.3, 0.4) is 0 Å². The summed E-state index contributed by atoms with van der Waals surface area (Å²) in [5.41, 5.74) is 1.92. The molecule has 1 aliphatic rings. The van der Waals surface area contributed by atoms with Crippen molar-refractivity contribution >= 4 is 11.8 Å². The van der Waals surface area contributed by atoms with Crippen LogP contribution >= 0.6 is 0 Å². The molecule has 0 spiro atoms. The molecule has 1 unspecified atom stereocenters. The van der Waals surface area contributed by atoms with Gasteiger partial charge in [-0.25, -0.2) is 0 Å². The summed E-state index contributed by atoms with van der Waals surface area (Å²) in [6, 6.07) is 7.85. The number of hydrogen-bond donors (Lipinski definition) is 1. The molecule has 0 saturated heterocycles. The Kier molecular flexibility index (Phi) is 5.51. The summed E-state index contributed by atoms with van der Waals surface area (Å²) in [4.78, 5) is 23.9. The number of esters is 1. The van der Waals surface area contributed by atoms with Gasteiger partial charge in [-0.15, -0.1) is 0 Å². The lowest BCUT2D eigenvalue weighted by atomic mass is 9.98. The van der Waals surface area contributed by atoms with Crippen LogP contribution < -0.4 is 5.32 Å². The van der Waals surface area contributed by atoms with Crippen LogP contribution in [0, 0.1) is 0 Å². The minimum atomic E-state index is -0.302. The van der Waals surface area contributed by atoms with E-state index in [0.717, 1.165) is 19.3 Å². The smallest absolute Gasteiger partial charge is 0.305 e. The summed E-state index contributed by atoms with van der Waals surface area (Å²) in [5.74, 6) is -0.208. The lowest BCUT2D eigenvalue weighted by Crippen LogP contribution is -2.38. The molecule has 0 amide bonds.